The minimum atomic E-state index is -1.07. The highest BCUT2D eigenvalue weighted by Crippen LogP contribution is 2.60. The van der Waals surface area contributed by atoms with Crippen molar-refractivity contribution in [1.82, 2.24) is 5.32 Å². The summed E-state index contributed by atoms with van der Waals surface area (Å²) in [5, 5.41) is 13.4. The van der Waals surface area contributed by atoms with E-state index >= 15 is 0 Å². The fourth-order valence-corrected chi connectivity index (χ4v) is 5.33. The third kappa shape index (κ3) is 2.75. The summed E-state index contributed by atoms with van der Waals surface area (Å²) in [6.07, 6.45) is 1.30. The van der Waals surface area contributed by atoms with Gasteiger partial charge in [-0.3, -0.25) is 4.79 Å². The highest BCUT2D eigenvalue weighted by molar-refractivity contribution is 5.89. The molecule has 0 aliphatic heterocycles. The van der Waals surface area contributed by atoms with E-state index in [0.29, 0.717) is 13.0 Å². The van der Waals surface area contributed by atoms with Gasteiger partial charge in [-0.1, -0.05) is 78.4 Å². The Morgan fingerprint density at radius 1 is 0.967 bits per heavy atom. The molecule has 0 spiro atoms. The third-order valence-corrected chi connectivity index (χ3v) is 6.81. The number of fused-ring (bicyclic) bond motifs is 1. The van der Waals surface area contributed by atoms with E-state index < -0.39 is 5.41 Å². The van der Waals surface area contributed by atoms with Crippen LogP contribution in [0.5, 0.6) is 0 Å². The van der Waals surface area contributed by atoms with Crippen molar-refractivity contribution >= 4 is 5.91 Å². The molecule has 3 heteroatoms. The topological polar surface area (TPSA) is 52.9 Å². The average Bonchev–Trinajstić information content (AvgIpc) is 2.80. The number of amides is 1. The molecule has 3 aromatic carbocycles. The molecule has 0 aromatic heterocycles. The van der Waals surface area contributed by atoms with Crippen LogP contribution in [0.25, 0.3) is 0 Å². The molecule has 3 aliphatic carbocycles. The molecule has 1 amide bonds. The van der Waals surface area contributed by atoms with Crippen molar-refractivity contribution in [3.05, 3.63) is 106 Å². The van der Waals surface area contributed by atoms with Gasteiger partial charge >= 0.3 is 0 Å². The van der Waals surface area contributed by atoms with Crippen molar-refractivity contribution in [2.24, 2.45) is 5.41 Å². The molecule has 30 heavy (non-hydrogen) atoms. The Labute approximate surface area is 177 Å². The zero-order chi connectivity index (χ0) is 20.7. The molecule has 1 N–H and O–H groups in total. The Bertz CT molecular complexity index is 1110. The van der Waals surface area contributed by atoms with Crippen LogP contribution in [0.1, 0.15) is 51.6 Å². The lowest BCUT2D eigenvalue weighted by Gasteiger charge is -2.48. The molecule has 0 saturated heterocycles. The molecule has 3 aromatic rings. The number of carbonyl (C=O) groups is 1. The zero-order valence-electron chi connectivity index (χ0n) is 17.1. The number of nitrogens with zero attached hydrogens (tertiary/aromatic N) is 1. The van der Waals surface area contributed by atoms with Crippen LogP contribution in [-0.2, 0) is 11.2 Å². The van der Waals surface area contributed by atoms with Gasteiger partial charge in [0.2, 0.25) is 5.91 Å². The van der Waals surface area contributed by atoms with Gasteiger partial charge in [0, 0.05) is 18.4 Å². The van der Waals surface area contributed by atoms with Crippen LogP contribution in [-0.4, -0.2) is 12.5 Å². The van der Waals surface area contributed by atoms with E-state index in [-0.39, 0.29) is 17.7 Å². The maximum atomic E-state index is 13.5. The summed E-state index contributed by atoms with van der Waals surface area (Å²) in [6, 6.07) is 27.5. The summed E-state index contributed by atoms with van der Waals surface area (Å²) in [5.74, 6) is -0.278. The zero-order valence-corrected chi connectivity index (χ0v) is 17.1. The lowest BCUT2D eigenvalue weighted by molar-refractivity contribution is -0.129. The van der Waals surface area contributed by atoms with Crippen molar-refractivity contribution in [1.29, 1.82) is 5.26 Å². The van der Waals surface area contributed by atoms with Crippen molar-refractivity contribution < 1.29 is 4.79 Å². The molecule has 6 rings (SSSR count). The Hall–Kier alpha value is -3.38. The molecule has 2 bridgehead atoms. The number of carbonyl (C=O) groups excluding carboxylic acids is 1. The van der Waals surface area contributed by atoms with Crippen LogP contribution in [0.3, 0.4) is 0 Å². The molecule has 0 fully saturated rings. The quantitative estimate of drug-likeness (QED) is 0.690. The van der Waals surface area contributed by atoms with Crippen LogP contribution in [0.2, 0.25) is 0 Å². The maximum absolute atomic E-state index is 13.5. The van der Waals surface area contributed by atoms with Crippen LogP contribution in [0.15, 0.2) is 72.8 Å². The summed E-state index contributed by atoms with van der Waals surface area (Å²) < 4.78 is 0. The number of nitrogens with one attached hydrogen (secondary N) is 1. The van der Waals surface area contributed by atoms with Crippen LogP contribution in [0.4, 0.5) is 0 Å². The molecule has 3 nitrogen and oxygen atoms in total. The van der Waals surface area contributed by atoms with E-state index in [1.165, 1.54) is 22.3 Å². The smallest absolute Gasteiger partial charge is 0.241 e. The van der Waals surface area contributed by atoms with Crippen molar-refractivity contribution in [2.45, 2.75) is 31.6 Å². The highest BCUT2D eigenvalue weighted by atomic mass is 16.2. The first-order valence-electron chi connectivity index (χ1n) is 10.6. The van der Waals surface area contributed by atoms with Gasteiger partial charge in [-0.05, 0) is 47.6 Å². The second-order valence-electron chi connectivity index (χ2n) is 8.52. The van der Waals surface area contributed by atoms with Crippen molar-refractivity contribution in [3.8, 4) is 6.07 Å². The van der Waals surface area contributed by atoms with E-state index in [9.17, 15) is 10.1 Å². The molecule has 0 heterocycles. The molecule has 1 atom stereocenters. The molecule has 0 radical (unpaired) electrons. The Morgan fingerprint density at radius 2 is 1.53 bits per heavy atom. The number of hydrogen-bond acceptors (Lipinski definition) is 2. The van der Waals surface area contributed by atoms with Gasteiger partial charge in [-0.25, -0.2) is 0 Å². The summed E-state index contributed by atoms with van der Waals surface area (Å²) >= 11 is 0. The third-order valence-electron chi connectivity index (χ3n) is 6.81. The number of rotatable bonds is 4. The molecule has 0 saturated carbocycles. The minimum Gasteiger partial charge on any atom is -0.354 e. The first-order valence-corrected chi connectivity index (χ1v) is 10.6. The maximum Gasteiger partial charge on any atom is 0.241 e. The molecular formula is C27H24N2O. The van der Waals surface area contributed by atoms with Gasteiger partial charge < -0.3 is 5.32 Å². The summed E-state index contributed by atoms with van der Waals surface area (Å²) in [6.45, 7) is 2.60. The van der Waals surface area contributed by atoms with Gasteiger partial charge in [-0.2, -0.15) is 5.26 Å². The molecule has 3 aliphatic rings. The predicted octanol–water partition coefficient (Wildman–Crippen LogP) is 4.84. The SMILES string of the molecule is Cc1ccc(CCNC(=O)C2(C#N)CC3c4ccccc4C2c2ccccc23)cc1. The van der Waals surface area contributed by atoms with Gasteiger partial charge in [0.05, 0.1) is 6.07 Å². The monoisotopic (exact) mass is 392 g/mol. The fourth-order valence-electron chi connectivity index (χ4n) is 5.33. The van der Waals surface area contributed by atoms with E-state index in [4.69, 9.17) is 0 Å². The van der Waals surface area contributed by atoms with Gasteiger partial charge in [0.25, 0.3) is 0 Å². The van der Waals surface area contributed by atoms with E-state index in [2.05, 4.69) is 79.0 Å². The lowest BCUT2D eigenvalue weighted by Crippen LogP contribution is -2.50. The predicted molar refractivity (Wildman–Crippen MR) is 117 cm³/mol. The number of nitriles is 1. The van der Waals surface area contributed by atoms with E-state index in [1.807, 2.05) is 12.1 Å². The van der Waals surface area contributed by atoms with Gasteiger partial charge in [0.1, 0.15) is 5.41 Å². The highest BCUT2D eigenvalue weighted by Gasteiger charge is 2.57. The number of benzene rings is 3. The molecular weight excluding hydrogens is 368 g/mol. The summed E-state index contributed by atoms with van der Waals surface area (Å²) in [4.78, 5) is 13.5. The van der Waals surface area contributed by atoms with Gasteiger partial charge in [0.15, 0.2) is 0 Å². The van der Waals surface area contributed by atoms with Crippen LogP contribution in [0, 0.1) is 23.7 Å². The number of aryl methyl sites for hydroxylation is 1. The number of hydrogen-bond donors (Lipinski definition) is 1. The summed E-state index contributed by atoms with van der Waals surface area (Å²) in [7, 11) is 0. The molecule has 148 valence electrons. The molecule has 1 unspecified atom stereocenters. The second kappa shape index (κ2) is 7.15. The Morgan fingerprint density at radius 3 is 2.10 bits per heavy atom. The van der Waals surface area contributed by atoms with Crippen LogP contribution >= 0.6 is 0 Å². The average molecular weight is 393 g/mol. The Balaban J connectivity index is 1.46. The van der Waals surface area contributed by atoms with E-state index in [1.54, 1.807) is 0 Å². The largest absolute Gasteiger partial charge is 0.354 e. The minimum absolute atomic E-state index is 0.0879. The second-order valence-corrected chi connectivity index (χ2v) is 8.52. The van der Waals surface area contributed by atoms with Crippen molar-refractivity contribution in [2.75, 3.05) is 6.54 Å². The van der Waals surface area contributed by atoms with Crippen molar-refractivity contribution in [3.63, 3.8) is 0 Å². The standard InChI is InChI=1S/C27H24N2O/c1-18-10-12-19(13-11-18)14-15-29-26(30)27(17-28)16-24-20-6-2-4-8-22(20)25(27)23-9-5-3-7-21(23)24/h2-13,24-25H,14-16H2,1H3,(H,29,30). The normalized spacial score (nSPS) is 23.2. The van der Waals surface area contributed by atoms with E-state index in [0.717, 1.165) is 17.5 Å². The lowest BCUT2D eigenvalue weighted by atomic mass is 9.52. The van der Waals surface area contributed by atoms with Crippen LogP contribution < -0.4 is 5.32 Å². The first kappa shape index (κ1) is 18.6. The first-order chi connectivity index (χ1) is 14.6. The summed E-state index contributed by atoms with van der Waals surface area (Å²) in [5.41, 5.74) is 6.12. The Kier molecular flexibility index (Phi) is 4.44. The van der Waals surface area contributed by atoms with Gasteiger partial charge in [-0.15, -0.1) is 0 Å². The fraction of sp³-hybridized carbons (Fsp3) is 0.259.